The number of carbonyl (C=O) groups excluding carboxylic acids is 1. The van der Waals surface area contributed by atoms with Gasteiger partial charge in [-0.3, -0.25) is 0 Å². The summed E-state index contributed by atoms with van der Waals surface area (Å²) < 4.78 is 0. The van der Waals surface area contributed by atoms with Gasteiger partial charge in [-0.1, -0.05) is 42.5 Å². The summed E-state index contributed by atoms with van der Waals surface area (Å²) in [4.78, 5) is 26.7. The molecular weight excluding hydrogens is 410 g/mol. The quantitative estimate of drug-likeness (QED) is 0.613. The molecule has 1 saturated heterocycles. The van der Waals surface area contributed by atoms with Crippen molar-refractivity contribution in [3.8, 4) is 0 Å². The molecule has 172 valence electrons. The highest BCUT2D eigenvalue weighted by Gasteiger charge is 2.23. The van der Waals surface area contributed by atoms with Crippen LogP contribution in [0.4, 0.5) is 16.3 Å². The first-order chi connectivity index (χ1) is 15.9. The molecule has 1 aliphatic heterocycles. The Morgan fingerprint density at radius 3 is 2.48 bits per heavy atom. The highest BCUT2D eigenvalue weighted by Crippen LogP contribution is 2.25. The zero-order valence-corrected chi connectivity index (χ0v) is 20.1. The first kappa shape index (κ1) is 22.8. The smallest absolute Gasteiger partial charge is 0.321 e. The Labute approximate surface area is 196 Å². The van der Waals surface area contributed by atoms with Crippen molar-refractivity contribution in [2.75, 3.05) is 36.4 Å². The van der Waals surface area contributed by atoms with Gasteiger partial charge in [-0.2, -0.15) is 0 Å². The molecule has 2 amide bonds. The largest absolute Gasteiger partial charge is 0.354 e. The topological polar surface area (TPSA) is 61.4 Å². The summed E-state index contributed by atoms with van der Waals surface area (Å²) in [7, 11) is 0. The standard InChI is InChI=1S/C27H33N5O/c1-19-10-8-13-25(20(19)2)30-27(33)32-15-9-14-31(16-17-32)26-24(21(3)28-22(4)29-26)18-23-11-6-5-7-12-23/h5-8,10-13H,9,14-18H2,1-4H3,(H,30,33). The number of benzene rings is 2. The van der Waals surface area contributed by atoms with Gasteiger partial charge in [0.1, 0.15) is 11.6 Å². The summed E-state index contributed by atoms with van der Waals surface area (Å²) in [5, 5.41) is 3.11. The van der Waals surface area contributed by atoms with Crippen molar-refractivity contribution in [3.63, 3.8) is 0 Å². The van der Waals surface area contributed by atoms with Crippen molar-refractivity contribution < 1.29 is 4.79 Å². The van der Waals surface area contributed by atoms with E-state index in [0.29, 0.717) is 6.54 Å². The van der Waals surface area contributed by atoms with E-state index in [4.69, 9.17) is 4.98 Å². The molecule has 0 atom stereocenters. The number of aryl methyl sites for hydroxylation is 3. The number of aromatic nitrogens is 2. The first-order valence-corrected chi connectivity index (χ1v) is 11.7. The van der Waals surface area contributed by atoms with Gasteiger partial charge in [-0.05, 0) is 56.9 Å². The van der Waals surface area contributed by atoms with Crippen LogP contribution in [-0.4, -0.2) is 47.1 Å². The third-order valence-electron chi connectivity index (χ3n) is 6.46. The Hall–Kier alpha value is -3.41. The molecule has 0 unspecified atom stereocenters. The number of nitrogens with zero attached hydrogens (tertiary/aromatic N) is 4. The Balaban J connectivity index is 1.50. The van der Waals surface area contributed by atoms with Crippen LogP contribution in [0.3, 0.4) is 0 Å². The highest BCUT2D eigenvalue weighted by molar-refractivity contribution is 5.90. The van der Waals surface area contributed by atoms with E-state index in [1.807, 2.05) is 36.9 Å². The second-order valence-electron chi connectivity index (χ2n) is 8.83. The van der Waals surface area contributed by atoms with E-state index in [-0.39, 0.29) is 6.03 Å². The summed E-state index contributed by atoms with van der Waals surface area (Å²) in [5.74, 6) is 1.79. The van der Waals surface area contributed by atoms with Crippen LogP contribution in [0.15, 0.2) is 48.5 Å². The van der Waals surface area contributed by atoms with Crippen LogP contribution in [0.5, 0.6) is 0 Å². The highest BCUT2D eigenvalue weighted by atomic mass is 16.2. The number of urea groups is 1. The molecule has 3 aromatic rings. The van der Waals surface area contributed by atoms with Crippen LogP contribution < -0.4 is 10.2 Å². The fraction of sp³-hybridized carbons (Fsp3) is 0.370. The number of hydrogen-bond donors (Lipinski definition) is 1. The molecule has 6 nitrogen and oxygen atoms in total. The zero-order chi connectivity index (χ0) is 23.4. The van der Waals surface area contributed by atoms with Crippen LogP contribution in [0.2, 0.25) is 0 Å². The molecule has 0 radical (unpaired) electrons. The van der Waals surface area contributed by atoms with Crippen molar-refractivity contribution in [2.24, 2.45) is 0 Å². The van der Waals surface area contributed by atoms with Crippen LogP contribution >= 0.6 is 0 Å². The van der Waals surface area contributed by atoms with Gasteiger partial charge in [-0.25, -0.2) is 14.8 Å². The molecule has 1 aromatic heterocycles. The van der Waals surface area contributed by atoms with E-state index in [0.717, 1.165) is 61.1 Å². The predicted molar refractivity (Wildman–Crippen MR) is 134 cm³/mol. The molecule has 33 heavy (non-hydrogen) atoms. The number of anilines is 2. The number of carbonyl (C=O) groups is 1. The maximum absolute atomic E-state index is 13.0. The maximum atomic E-state index is 13.0. The van der Waals surface area contributed by atoms with E-state index in [2.05, 4.69) is 59.4 Å². The minimum absolute atomic E-state index is 0.0369. The lowest BCUT2D eigenvalue weighted by molar-refractivity contribution is 0.215. The van der Waals surface area contributed by atoms with Gasteiger partial charge in [0, 0.05) is 49.5 Å². The molecule has 2 heterocycles. The van der Waals surface area contributed by atoms with Gasteiger partial charge in [0.15, 0.2) is 0 Å². The van der Waals surface area contributed by atoms with Crippen LogP contribution in [0.25, 0.3) is 0 Å². The summed E-state index contributed by atoms with van der Waals surface area (Å²) in [6.07, 6.45) is 1.70. The summed E-state index contributed by atoms with van der Waals surface area (Å²) in [6, 6.07) is 16.4. The van der Waals surface area contributed by atoms with E-state index in [1.165, 1.54) is 16.7 Å². The molecule has 1 N–H and O–H groups in total. The molecule has 0 spiro atoms. The Morgan fingerprint density at radius 1 is 0.909 bits per heavy atom. The number of hydrogen-bond acceptors (Lipinski definition) is 4. The molecule has 6 heteroatoms. The molecule has 2 aromatic carbocycles. The molecule has 0 bridgehead atoms. The Morgan fingerprint density at radius 2 is 1.70 bits per heavy atom. The monoisotopic (exact) mass is 443 g/mol. The lowest BCUT2D eigenvalue weighted by Gasteiger charge is -2.26. The molecule has 1 fully saturated rings. The van der Waals surface area contributed by atoms with E-state index in [9.17, 15) is 4.79 Å². The van der Waals surface area contributed by atoms with E-state index >= 15 is 0 Å². The van der Waals surface area contributed by atoms with Gasteiger partial charge in [-0.15, -0.1) is 0 Å². The van der Waals surface area contributed by atoms with Crippen LogP contribution in [-0.2, 0) is 6.42 Å². The van der Waals surface area contributed by atoms with Crippen molar-refractivity contribution in [1.29, 1.82) is 0 Å². The SMILES string of the molecule is Cc1nc(C)c(Cc2ccccc2)c(N2CCCN(C(=O)Nc3cccc(C)c3C)CC2)n1. The second kappa shape index (κ2) is 10.0. The van der Waals surface area contributed by atoms with E-state index < -0.39 is 0 Å². The fourth-order valence-corrected chi connectivity index (χ4v) is 4.40. The van der Waals surface area contributed by atoms with Gasteiger partial charge in [0.2, 0.25) is 0 Å². The van der Waals surface area contributed by atoms with E-state index in [1.54, 1.807) is 0 Å². The lowest BCUT2D eigenvalue weighted by Crippen LogP contribution is -2.38. The maximum Gasteiger partial charge on any atom is 0.321 e. The average molecular weight is 444 g/mol. The molecule has 0 saturated carbocycles. The normalized spacial score (nSPS) is 14.2. The Kier molecular flexibility index (Phi) is 6.92. The molecule has 4 rings (SSSR count). The molecule has 0 aliphatic carbocycles. The van der Waals surface area contributed by atoms with Crippen LogP contribution in [0.1, 0.15) is 40.2 Å². The number of nitrogens with one attached hydrogen (secondary N) is 1. The van der Waals surface area contributed by atoms with Gasteiger partial charge >= 0.3 is 6.03 Å². The predicted octanol–water partition coefficient (Wildman–Crippen LogP) is 5.05. The average Bonchev–Trinajstić information content (AvgIpc) is 3.06. The minimum atomic E-state index is -0.0369. The number of amides is 2. The van der Waals surface area contributed by atoms with Crippen molar-refractivity contribution in [2.45, 2.75) is 40.5 Å². The fourth-order valence-electron chi connectivity index (χ4n) is 4.40. The summed E-state index contributed by atoms with van der Waals surface area (Å²) >= 11 is 0. The van der Waals surface area contributed by atoms with Gasteiger partial charge < -0.3 is 15.1 Å². The van der Waals surface area contributed by atoms with Gasteiger partial charge in [0.05, 0.1) is 0 Å². The third-order valence-corrected chi connectivity index (χ3v) is 6.46. The lowest BCUT2D eigenvalue weighted by atomic mass is 10.0. The minimum Gasteiger partial charge on any atom is -0.354 e. The van der Waals surface area contributed by atoms with Gasteiger partial charge in [0.25, 0.3) is 0 Å². The summed E-state index contributed by atoms with van der Waals surface area (Å²) in [6.45, 7) is 11.1. The van der Waals surface area contributed by atoms with Crippen molar-refractivity contribution >= 4 is 17.5 Å². The molecule has 1 aliphatic rings. The Bertz CT molecular complexity index is 1130. The third kappa shape index (κ3) is 5.33. The molecular formula is C27H33N5O. The summed E-state index contributed by atoms with van der Waals surface area (Å²) in [5.41, 5.74) is 6.61. The number of rotatable bonds is 4. The van der Waals surface area contributed by atoms with Crippen LogP contribution in [0, 0.1) is 27.7 Å². The van der Waals surface area contributed by atoms with Crippen molar-refractivity contribution in [3.05, 3.63) is 82.3 Å². The van der Waals surface area contributed by atoms with Crippen molar-refractivity contribution in [1.82, 2.24) is 14.9 Å². The zero-order valence-electron chi connectivity index (χ0n) is 20.1. The first-order valence-electron chi connectivity index (χ1n) is 11.7. The second-order valence-corrected chi connectivity index (χ2v) is 8.83.